The molecule has 0 heterocycles. The molecule has 0 saturated heterocycles. The van der Waals surface area contributed by atoms with Gasteiger partial charge in [-0.05, 0) is 70.6 Å². The number of carbonyl (C=O) groups excluding carboxylic acids is 3. The smallest absolute Gasteiger partial charge is 0.306 e. The van der Waals surface area contributed by atoms with Crippen molar-refractivity contribution in [1.82, 2.24) is 0 Å². The minimum Gasteiger partial charge on any atom is -0.462 e. The van der Waals surface area contributed by atoms with Crippen LogP contribution in [0.3, 0.4) is 0 Å². The van der Waals surface area contributed by atoms with Gasteiger partial charge in [-0.2, -0.15) is 0 Å². The number of rotatable bonds is 59. The summed E-state index contributed by atoms with van der Waals surface area (Å²) in [7, 11) is 0. The van der Waals surface area contributed by atoms with Crippen LogP contribution in [0.2, 0.25) is 0 Å². The molecular formula is C69H122O6. The van der Waals surface area contributed by atoms with Gasteiger partial charge in [0.15, 0.2) is 6.10 Å². The second-order valence-electron chi connectivity index (χ2n) is 21.7. The van der Waals surface area contributed by atoms with Crippen LogP contribution in [-0.4, -0.2) is 37.2 Å². The summed E-state index contributed by atoms with van der Waals surface area (Å²) in [5.41, 5.74) is 0. The van der Waals surface area contributed by atoms with Gasteiger partial charge in [-0.15, -0.1) is 0 Å². The van der Waals surface area contributed by atoms with Gasteiger partial charge < -0.3 is 14.2 Å². The van der Waals surface area contributed by atoms with Gasteiger partial charge in [-0.1, -0.05) is 312 Å². The van der Waals surface area contributed by atoms with Gasteiger partial charge in [0.05, 0.1) is 0 Å². The van der Waals surface area contributed by atoms with Crippen molar-refractivity contribution in [3.63, 3.8) is 0 Å². The molecule has 0 spiro atoms. The fraction of sp³-hybridized carbons (Fsp3) is 0.783. The first kappa shape index (κ1) is 71.8. The zero-order chi connectivity index (χ0) is 54.3. The first-order valence-electron chi connectivity index (χ1n) is 32.4. The molecule has 0 aromatic rings. The Morgan fingerprint density at radius 1 is 0.280 bits per heavy atom. The van der Waals surface area contributed by atoms with E-state index in [0.29, 0.717) is 19.3 Å². The molecule has 434 valence electrons. The highest BCUT2D eigenvalue weighted by Crippen LogP contribution is 2.17. The highest BCUT2D eigenvalue weighted by Gasteiger charge is 2.19. The van der Waals surface area contributed by atoms with Crippen molar-refractivity contribution in [1.29, 1.82) is 0 Å². The van der Waals surface area contributed by atoms with Crippen LogP contribution in [0.1, 0.15) is 329 Å². The van der Waals surface area contributed by atoms with E-state index in [9.17, 15) is 14.4 Å². The zero-order valence-corrected chi connectivity index (χ0v) is 49.8. The van der Waals surface area contributed by atoms with E-state index in [1.54, 1.807) is 0 Å². The lowest BCUT2D eigenvalue weighted by molar-refractivity contribution is -0.167. The topological polar surface area (TPSA) is 78.9 Å². The summed E-state index contributed by atoms with van der Waals surface area (Å²) >= 11 is 0. The fourth-order valence-electron chi connectivity index (χ4n) is 9.39. The number of carbonyl (C=O) groups is 3. The molecule has 0 fully saturated rings. The molecule has 6 nitrogen and oxygen atoms in total. The number of unbranched alkanes of at least 4 members (excludes halogenated alkanes) is 36. The van der Waals surface area contributed by atoms with Gasteiger partial charge >= 0.3 is 17.9 Å². The van der Waals surface area contributed by atoms with Crippen LogP contribution >= 0.6 is 0 Å². The lowest BCUT2D eigenvalue weighted by Crippen LogP contribution is -2.30. The molecule has 0 N–H and O–H groups in total. The van der Waals surface area contributed by atoms with E-state index < -0.39 is 6.10 Å². The van der Waals surface area contributed by atoms with E-state index >= 15 is 0 Å². The molecule has 6 heteroatoms. The van der Waals surface area contributed by atoms with E-state index in [1.807, 2.05) is 0 Å². The van der Waals surface area contributed by atoms with Crippen molar-refractivity contribution in [3.05, 3.63) is 72.9 Å². The number of ether oxygens (including phenoxy) is 3. The lowest BCUT2D eigenvalue weighted by Gasteiger charge is -2.18. The van der Waals surface area contributed by atoms with Gasteiger partial charge in [-0.3, -0.25) is 14.4 Å². The molecule has 75 heavy (non-hydrogen) atoms. The summed E-state index contributed by atoms with van der Waals surface area (Å²) in [4.78, 5) is 38.3. The summed E-state index contributed by atoms with van der Waals surface area (Å²) in [6, 6.07) is 0. The molecule has 0 aromatic carbocycles. The minimum absolute atomic E-state index is 0.0790. The van der Waals surface area contributed by atoms with E-state index in [1.165, 1.54) is 180 Å². The van der Waals surface area contributed by atoms with Crippen molar-refractivity contribution in [2.24, 2.45) is 0 Å². The number of allylic oxidation sites excluding steroid dienone is 12. The standard InChI is InChI=1S/C69H122O6/c1-4-7-10-13-16-19-22-25-28-30-32-33-34-35-37-38-41-44-47-50-53-56-59-62-68(71)74-65-66(64-73-67(70)61-58-55-52-49-46-43-40-27-24-21-18-15-12-9-6-3)75-69(72)63-60-57-54-51-48-45-42-39-36-31-29-26-23-20-17-14-11-8-5-2/h7,10,16,19,25,28,32-33,35,37,41,44,66H,4-6,8-9,11-15,17-18,20-24,26-27,29-31,34,36,38-40,42-43,45-65H2,1-3H3/b10-7-,19-16-,28-25-,33-32-,37-35-,44-41-. The van der Waals surface area contributed by atoms with Gasteiger partial charge in [0, 0.05) is 19.3 Å². The first-order valence-corrected chi connectivity index (χ1v) is 32.4. The number of hydrogen-bond acceptors (Lipinski definition) is 6. The van der Waals surface area contributed by atoms with Crippen molar-refractivity contribution < 1.29 is 28.6 Å². The Labute approximate surface area is 465 Å². The van der Waals surface area contributed by atoms with Crippen LogP contribution in [0.25, 0.3) is 0 Å². The van der Waals surface area contributed by atoms with E-state index in [-0.39, 0.29) is 31.1 Å². The highest BCUT2D eigenvalue weighted by atomic mass is 16.6. The maximum Gasteiger partial charge on any atom is 0.306 e. The average molecular weight is 1050 g/mol. The lowest BCUT2D eigenvalue weighted by atomic mass is 10.0. The van der Waals surface area contributed by atoms with Crippen LogP contribution < -0.4 is 0 Å². The Balaban J connectivity index is 4.38. The van der Waals surface area contributed by atoms with Crippen molar-refractivity contribution in [3.8, 4) is 0 Å². The minimum atomic E-state index is -0.784. The molecule has 0 radical (unpaired) electrons. The van der Waals surface area contributed by atoms with Gasteiger partial charge in [0.2, 0.25) is 0 Å². The fourth-order valence-corrected chi connectivity index (χ4v) is 9.39. The second-order valence-corrected chi connectivity index (χ2v) is 21.7. The number of hydrogen-bond donors (Lipinski definition) is 0. The van der Waals surface area contributed by atoms with Crippen LogP contribution in [-0.2, 0) is 28.6 Å². The predicted octanol–water partition coefficient (Wildman–Crippen LogP) is 22.1. The molecule has 0 rings (SSSR count). The molecule has 1 atom stereocenters. The van der Waals surface area contributed by atoms with Crippen LogP contribution in [0.4, 0.5) is 0 Å². The normalized spacial score (nSPS) is 12.5. The van der Waals surface area contributed by atoms with Gasteiger partial charge in [0.1, 0.15) is 13.2 Å². The summed E-state index contributed by atoms with van der Waals surface area (Å²) in [6.45, 7) is 6.56. The maximum atomic E-state index is 12.9. The molecular weight excluding hydrogens is 925 g/mol. The summed E-state index contributed by atoms with van der Waals surface area (Å²) in [5, 5.41) is 0. The maximum absolute atomic E-state index is 12.9. The summed E-state index contributed by atoms with van der Waals surface area (Å²) in [5.74, 6) is -0.885. The molecule has 0 bridgehead atoms. The zero-order valence-electron chi connectivity index (χ0n) is 49.8. The van der Waals surface area contributed by atoms with Crippen molar-refractivity contribution in [2.45, 2.75) is 335 Å². The summed E-state index contributed by atoms with van der Waals surface area (Å²) < 4.78 is 16.9. The SMILES string of the molecule is CC/C=C\C/C=C\C/C=C\C/C=C\C/C=C\C/C=C\CCCCCCC(=O)OCC(COC(=O)CCCCCCCCCCCCCCCCC)OC(=O)CCCCCCCCCCCCCCCCCCCCC. The molecule has 1 unspecified atom stereocenters. The van der Waals surface area contributed by atoms with Gasteiger partial charge in [-0.25, -0.2) is 0 Å². The highest BCUT2D eigenvalue weighted by molar-refractivity contribution is 5.71. The third-order valence-corrected chi connectivity index (χ3v) is 14.2. The molecule has 0 saturated carbocycles. The van der Waals surface area contributed by atoms with E-state index in [4.69, 9.17) is 14.2 Å². The Hall–Kier alpha value is -3.15. The Bertz CT molecular complexity index is 1390. The van der Waals surface area contributed by atoms with Gasteiger partial charge in [0.25, 0.3) is 0 Å². The molecule has 0 aliphatic rings. The first-order chi connectivity index (χ1) is 37.0. The Morgan fingerprint density at radius 2 is 0.520 bits per heavy atom. The van der Waals surface area contributed by atoms with Crippen LogP contribution in [0.5, 0.6) is 0 Å². The van der Waals surface area contributed by atoms with Crippen LogP contribution in [0, 0.1) is 0 Å². The molecule has 0 aromatic heterocycles. The largest absolute Gasteiger partial charge is 0.462 e. The number of esters is 3. The van der Waals surface area contributed by atoms with Crippen molar-refractivity contribution in [2.75, 3.05) is 13.2 Å². The quantitative estimate of drug-likeness (QED) is 0.0261. The second kappa shape index (κ2) is 63.4. The monoisotopic (exact) mass is 1050 g/mol. The third-order valence-electron chi connectivity index (χ3n) is 14.2. The molecule has 0 aliphatic carbocycles. The van der Waals surface area contributed by atoms with E-state index in [2.05, 4.69) is 93.7 Å². The Kier molecular flexibility index (Phi) is 60.7. The molecule has 0 aliphatic heterocycles. The van der Waals surface area contributed by atoms with Crippen molar-refractivity contribution >= 4 is 17.9 Å². The summed E-state index contributed by atoms with van der Waals surface area (Å²) in [6.07, 6.45) is 81.9. The average Bonchev–Trinajstić information content (AvgIpc) is 3.41. The Morgan fingerprint density at radius 3 is 0.813 bits per heavy atom. The predicted molar refractivity (Wildman–Crippen MR) is 325 cm³/mol. The molecule has 0 amide bonds. The third kappa shape index (κ3) is 61.6. The van der Waals surface area contributed by atoms with Crippen LogP contribution in [0.15, 0.2) is 72.9 Å². The van der Waals surface area contributed by atoms with E-state index in [0.717, 1.165) is 109 Å².